The first-order chi connectivity index (χ1) is 32.5. The third-order valence-corrected chi connectivity index (χ3v) is 8.83. The molecule has 0 fully saturated rings. The van der Waals surface area contributed by atoms with Crippen LogP contribution in [0, 0.1) is 50.6 Å². The number of halogens is 5. The number of carbonyl (C=O) groups is 5. The van der Waals surface area contributed by atoms with E-state index >= 15 is 0 Å². The van der Waals surface area contributed by atoms with Crippen LogP contribution < -0.4 is 26.6 Å². The molecule has 0 aliphatic rings. The van der Waals surface area contributed by atoms with Crippen LogP contribution in [0.3, 0.4) is 0 Å². The number of amides is 5. The maximum absolute atomic E-state index is 10.7. The summed E-state index contributed by atoms with van der Waals surface area (Å²) in [4.78, 5) is 106. The number of hydrogen-bond acceptors (Lipinski definition) is 20. The highest BCUT2D eigenvalue weighted by atomic mass is 32.1. The summed E-state index contributed by atoms with van der Waals surface area (Å²) in [6.07, 6.45) is 0. The van der Waals surface area contributed by atoms with E-state index in [1.54, 1.807) is 30.3 Å². The van der Waals surface area contributed by atoms with Gasteiger partial charge in [-0.3, -0.25) is 98.1 Å². The van der Waals surface area contributed by atoms with Crippen molar-refractivity contribution >= 4 is 150 Å². The second-order valence-electron chi connectivity index (χ2n) is 13.2. The Morgan fingerprint density at radius 3 is 0.520 bits per heavy atom. The number of anilines is 5. The molecule has 5 amide bonds. The Kier molecular flexibility index (Phi) is 37.1. The van der Waals surface area contributed by atoms with Crippen LogP contribution in [0.2, 0.25) is 0 Å². The van der Waals surface area contributed by atoms with Crippen molar-refractivity contribution < 1.29 is 72.1 Å². The summed E-state index contributed by atoms with van der Waals surface area (Å²) >= 11 is 19.8. The van der Waals surface area contributed by atoms with Crippen LogP contribution in [0.15, 0.2) is 115 Å². The monoisotopic (exact) mass is 1160 g/mol. The molecule has 0 saturated heterocycles. The van der Waals surface area contributed by atoms with E-state index in [0.717, 1.165) is 0 Å². The van der Waals surface area contributed by atoms with Crippen molar-refractivity contribution in [3.8, 4) is 0 Å². The maximum atomic E-state index is 10.7. The molecular weight excluding hydrogens is 1120 g/mol. The first kappa shape index (κ1) is 75.8. The summed E-state index contributed by atoms with van der Waals surface area (Å²) in [6.45, 7) is 6.45. The van der Waals surface area contributed by atoms with Gasteiger partial charge in [0.1, 0.15) is 28.4 Å². The molecule has 5 N–H and O–H groups in total. The van der Waals surface area contributed by atoms with Gasteiger partial charge in [0.25, 0.3) is 28.4 Å². The average molecular weight is 1160 g/mol. The molecule has 0 atom stereocenters. The lowest BCUT2D eigenvalue weighted by Gasteiger charge is -2.03. The van der Waals surface area contributed by atoms with Crippen LogP contribution in [0.25, 0.3) is 0 Å². The Morgan fingerprint density at radius 2 is 0.427 bits per heavy atom. The quantitative estimate of drug-likeness (QED) is 0.0269. The van der Waals surface area contributed by atoms with Crippen molar-refractivity contribution in [1.29, 1.82) is 0 Å². The molecule has 5 aromatic rings. The fourth-order valence-corrected chi connectivity index (χ4v) is 5.82. The fraction of sp³-hybridized carbons (Fsp3) is 0.125. The Morgan fingerprint density at radius 1 is 0.307 bits per heavy atom. The summed E-state index contributed by atoms with van der Waals surface area (Å²) in [5, 5.41) is 64.7. The highest BCUT2D eigenvalue weighted by molar-refractivity contribution is 7.81. The predicted molar refractivity (Wildman–Crippen MR) is 286 cm³/mol. The third kappa shape index (κ3) is 28.6. The lowest BCUT2D eigenvalue weighted by molar-refractivity contribution is -0.384. The number of thiol groups is 5. The average Bonchev–Trinajstić information content (AvgIpc) is 3.24. The molecule has 410 valence electrons. The molecule has 75 heavy (non-hydrogen) atoms. The Balaban J connectivity index is -0.000000268. The van der Waals surface area contributed by atoms with E-state index in [1.807, 2.05) is 0 Å². The summed E-state index contributed by atoms with van der Waals surface area (Å²) in [7, 11) is 0. The van der Waals surface area contributed by atoms with Crippen molar-refractivity contribution in [2.45, 2.75) is 59.1 Å². The van der Waals surface area contributed by atoms with Gasteiger partial charge in [-0.2, -0.15) is 0 Å². The molecule has 0 aliphatic carbocycles. The minimum absolute atomic E-state index is 0. The first-order valence-electron chi connectivity index (χ1n) is 18.8. The highest BCUT2D eigenvalue weighted by Gasteiger charge is 2.18. The van der Waals surface area contributed by atoms with Crippen LogP contribution in [-0.2, 0) is 24.0 Å². The topological polar surface area (TPSA) is 361 Å². The zero-order chi connectivity index (χ0) is 53.6. The molecule has 35 heteroatoms. The first-order valence-corrected chi connectivity index (χ1v) is 21.0. The van der Waals surface area contributed by atoms with Gasteiger partial charge in [0.15, 0.2) is 0 Å². The molecule has 0 radical (unpaired) electrons. The Hall–Kier alpha value is -8.15. The number of nitrogens with zero attached hydrogens (tertiary/aromatic N) is 5. The molecular formula is C40H45F5N10O15S5. The molecule has 5 aromatic carbocycles. The van der Waals surface area contributed by atoms with Gasteiger partial charge in [0.05, 0.1) is 24.6 Å². The van der Waals surface area contributed by atoms with Crippen molar-refractivity contribution in [1.82, 2.24) is 0 Å². The van der Waals surface area contributed by atoms with Crippen molar-refractivity contribution in [3.63, 3.8) is 0 Å². The Labute approximate surface area is 447 Å². The van der Waals surface area contributed by atoms with Crippen molar-refractivity contribution in [2.24, 2.45) is 0 Å². The van der Waals surface area contributed by atoms with E-state index in [0.29, 0.717) is 24.5 Å². The molecule has 25 nitrogen and oxygen atoms in total. The van der Waals surface area contributed by atoms with E-state index < -0.39 is 24.6 Å². The number of nitrogens with one attached hydrogen (secondary N) is 5. The number of rotatable bonds is 10. The summed E-state index contributed by atoms with van der Waals surface area (Å²) < 4.78 is 0. The van der Waals surface area contributed by atoms with Crippen LogP contribution >= 0.6 is 63.1 Å². The number of carbonyl (C=O) groups excluding carboxylic acids is 5. The zero-order valence-electron chi connectivity index (χ0n) is 38.8. The third-order valence-electron chi connectivity index (χ3n) is 7.44. The number of nitro groups is 5. The van der Waals surface area contributed by atoms with Gasteiger partial charge < -0.3 is 26.6 Å². The van der Waals surface area contributed by atoms with Gasteiger partial charge in [0.2, 0.25) is 29.5 Å². The van der Waals surface area contributed by atoms with Gasteiger partial charge in [0, 0.05) is 89.4 Å². The van der Waals surface area contributed by atoms with E-state index in [9.17, 15) is 74.5 Å². The number of nitro benzene ring substituents is 5. The maximum Gasteiger partial charge on any atom is 0.293 e. The van der Waals surface area contributed by atoms with Crippen LogP contribution in [0.4, 0.5) is 80.4 Å². The molecule has 0 unspecified atom stereocenters. The minimum atomic E-state index is -0.564. The predicted octanol–water partition coefficient (Wildman–Crippen LogP) is 9.97. The van der Waals surface area contributed by atoms with Gasteiger partial charge in [-0.1, -0.05) is 0 Å². The van der Waals surface area contributed by atoms with E-state index in [4.69, 9.17) is 0 Å². The van der Waals surface area contributed by atoms with E-state index in [-0.39, 0.29) is 110 Å². The molecule has 0 aromatic heterocycles. The van der Waals surface area contributed by atoms with Gasteiger partial charge in [-0.15, -0.1) is 63.1 Å². The van der Waals surface area contributed by atoms with Crippen molar-refractivity contribution in [3.05, 3.63) is 142 Å². The number of hydrogen-bond donors (Lipinski definition) is 10. The summed E-state index contributed by atoms with van der Waals surface area (Å²) in [5.74, 6) is -1.74. The van der Waals surface area contributed by atoms with Crippen LogP contribution in [-0.4, -0.2) is 54.2 Å². The van der Waals surface area contributed by atoms with Gasteiger partial charge in [-0.05, 0) is 60.7 Å². The fourth-order valence-electron chi connectivity index (χ4n) is 4.83. The largest absolute Gasteiger partial charge is 0.321 e. The van der Waals surface area contributed by atoms with Crippen LogP contribution in [0.5, 0.6) is 0 Å². The normalized spacial score (nSPS) is 8.93. The highest BCUT2D eigenvalue weighted by Crippen LogP contribution is 2.30. The summed E-state index contributed by atoms with van der Waals surface area (Å²) in [6, 6.07) is 21.5. The van der Waals surface area contributed by atoms with E-state index in [2.05, 4.69) is 89.7 Å². The van der Waals surface area contributed by atoms with Gasteiger partial charge in [-0.25, -0.2) is 0 Å². The lowest BCUT2D eigenvalue weighted by Crippen LogP contribution is -2.07. The number of benzene rings is 5. The minimum Gasteiger partial charge on any atom is -0.321 e. The van der Waals surface area contributed by atoms with E-state index in [1.165, 1.54) is 95.3 Å². The standard InChI is InChI=1S/5C8H8N2O3S.5FH/c5*1-5(11)9-7-3-2-6(14)4-8(7)10(12)13;;;;;/h5*2-4,14H,1H3,(H,9,11);5*1H. The molecule has 0 saturated carbocycles. The van der Waals surface area contributed by atoms with Gasteiger partial charge >= 0.3 is 0 Å². The summed E-state index contributed by atoms with van der Waals surface area (Å²) in [5.41, 5.74) is 0.106. The van der Waals surface area contributed by atoms with Crippen LogP contribution in [0.1, 0.15) is 34.6 Å². The lowest BCUT2D eigenvalue weighted by atomic mass is 10.2. The smallest absolute Gasteiger partial charge is 0.293 e. The molecule has 0 heterocycles. The van der Waals surface area contributed by atoms with Crippen molar-refractivity contribution in [2.75, 3.05) is 26.6 Å². The second-order valence-corrected chi connectivity index (χ2v) is 15.8. The Bertz CT molecular complexity index is 2430. The zero-order valence-corrected chi connectivity index (χ0v) is 43.3. The molecule has 0 aliphatic heterocycles. The second kappa shape index (κ2) is 36.7. The molecule has 0 spiro atoms. The molecule has 5 rings (SSSR count). The molecule has 0 bridgehead atoms. The SMILES string of the molecule is CC(=O)Nc1ccc(S)cc1[N+](=O)[O-].CC(=O)Nc1ccc(S)cc1[N+](=O)[O-].CC(=O)Nc1ccc(S)cc1[N+](=O)[O-].CC(=O)Nc1ccc(S)cc1[N+](=O)[O-].CC(=O)Nc1ccc(S)cc1[N+](=O)[O-].F.F.F.F.F.